The van der Waals surface area contributed by atoms with Crippen molar-refractivity contribution in [1.29, 1.82) is 0 Å². The number of hydrogen-bond donors (Lipinski definition) is 1. The van der Waals surface area contributed by atoms with E-state index in [2.05, 4.69) is 10.1 Å². The first-order valence-electron chi connectivity index (χ1n) is 7.74. The fourth-order valence-corrected chi connectivity index (χ4v) is 2.40. The number of nitrogens with one attached hydrogen (secondary N) is 1. The molecule has 140 valence electrons. The summed E-state index contributed by atoms with van der Waals surface area (Å²) < 4.78 is 47.1. The van der Waals surface area contributed by atoms with Crippen LogP contribution in [-0.2, 0) is 13.1 Å². The van der Waals surface area contributed by atoms with Gasteiger partial charge >= 0.3 is 6.61 Å². The average Bonchev–Trinajstić information content (AvgIpc) is 2.61. The van der Waals surface area contributed by atoms with Crippen LogP contribution in [0, 0.1) is 5.82 Å². The largest absolute Gasteiger partial charge is 0.493 e. The van der Waals surface area contributed by atoms with Crippen LogP contribution < -0.4 is 14.8 Å². The molecule has 2 rings (SSSR count). The van der Waals surface area contributed by atoms with Crippen molar-refractivity contribution in [3.63, 3.8) is 0 Å². The molecule has 0 bridgehead atoms. The van der Waals surface area contributed by atoms with E-state index in [0.29, 0.717) is 18.2 Å². The molecule has 1 N–H and O–H groups in total. The first-order chi connectivity index (χ1) is 12.4. The highest BCUT2D eigenvalue weighted by atomic mass is 32.1. The smallest absolute Gasteiger partial charge is 0.387 e. The second-order valence-corrected chi connectivity index (χ2v) is 5.89. The maximum Gasteiger partial charge on any atom is 0.387 e. The molecule has 0 amide bonds. The number of thiocarbonyl (C=S) groups is 1. The molecule has 0 unspecified atom stereocenters. The molecule has 2 aromatic carbocycles. The molecule has 0 saturated carbocycles. The number of ether oxygens (including phenoxy) is 2. The predicted octanol–water partition coefficient (Wildman–Crippen LogP) is 3.94. The molecule has 0 aliphatic carbocycles. The Bertz CT molecular complexity index is 742. The highest BCUT2D eigenvalue weighted by molar-refractivity contribution is 7.80. The molecular formula is C18H19F3N2O2S. The van der Waals surface area contributed by atoms with Gasteiger partial charge in [0.2, 0.25) is 0 Å². The Morgan fingerprint density at radius 3 is 2.38 bits per heavy atom. The van der Waals surface area contributed by atoms with E-state index in [1.165, 1.54) is 25.3 Å². The maximum absolute atomic E-state index is 12.9. The van der Waals surface area contributed by atoms with Gasteiger partial charge in [-0.3, -0.25) is 0 Å². The third-order valence-electron chi connectivity index (χ3n) is 3.57. The Labute approximate surface area is 155 Å². The van der Waals surface area contributed by atoms with Gasteiger partial charge in [0.05, 0.1) is 7.11 Å². The van der Waals surface area contributed by atoms with Crippen molar-refractivity contribution in [2.75, 3.05) is 14.2 Å². The number of benzene rings is 2. The zero-order valence-corrected chi connectivity index (χ0v) is 15.2. The van der Waals surface area contributed by atoms with Crippen molar-refractivity contribution < 1.29 is 22.6 Å². The Kier molecular flexibility index (Phi) is 7.08. The highest BCUT2D eigenvalue weighted by Crippen LogP contribution is 2.29. The minimum atomic E-state index is -2.92. The molecule has 0 aromatic heterocycles. The molecule has 0 radical (unpaired) electrons. The fraction of sp³-hybridized carbons (Fsp3) is 0.278. The van der Waals surface area contributed by atoms with Crippen molar-refractivity contribution >= 4 is 17.3 Å². The Morgan fingerprint density at radius 2 is 1.77 bits per heavy atom. The molecule has 2 aromatic rings. The van der Waals surface area contributed by atoms with E-state index in [9.17, 15) is 13.2 Å². The Balaban J connectivity index is 1.94. The zero-order chi connectivity index (χ0) is 19.1. The minimum Gasteiger partial charge on any atom is -0.493 e. The molecule has 0 heterocycles. The quantitative estimate of drug-likeness (QED) is 0.732. The second-order valence-electron chi connectivity index (χ2n) is 5.50. The van der Waals surface area contributed by atoms with Gasteiger partial charge in [-0.1, -0.05) is 18.2 Å². The van der Waals surface area contributed by atoms with Gasteiger partial charge < -0.3 is 19.7 Å². The fourth-order valence-electron chi connectivity index (χ4n) is 2.26. The lowest BCUT2D eigenvalue weighted by Gasteiger charge is -2.22. The summed E-state index contributed by atoms with van der Waals surface area (Å²) in [5.74, 6) is -0.0889. The van der Waals surface area contributed by atoms with Gasteiger partial charge in [-0.25, -0.2) is 4.39 Å². The standard InChI is InChI=1S/C18H19F3N2O2S/c1-23(18(26)22-10-12-3-6-14(19)7-4-12)11-13-5-8-15(25-17(20)21)16(9-13)24-2/h3-9,17H,10-11H2,1-2H3,(H,22,26). The molecule has 0 fully saturated rings. The lowest BCUT2D eigenvalue weighted by atomic mass is 10.2. The van der Waals surface area contributed by atoms with E-state index in [1.54, 1.807) is 36.2 Å². The number of rotatable bonds is 7. The van der Waals surface area contributed by atoms with Gasteiger partial charge in [-0.2, -0.15) is 8.78 Å². The average molecular weight is 384 g/mol. The Morgan fingerprint density at radius 1 is 1.12 bits per heavy atom. The van der Waals surface area contributed by atoms with E-state index in [1.807, 2.05) is 0 Å². The van der Waals surface area contributed by atoms with Crippen molar-refractivity contribution in [3.8, 4) is 11.5 Å². The Hall–Kier alpha value is -2.48. The van der Waals surface area contributed by atoms with Crippen molar-refractivity contribution in [3.05, 3.63) is 59.4 Å². The van der Waals surface area contributed by atoms with E-state index in [-0.39, 0.29) is 17.3 Å². The number of nitrogens with zero attached hydrogens (tertiary/aromatic N) is 1. The zero-order valence-electron chi connectivity index (χ0n) is 14.3. The summed E-state index contributed by atoms with van der Waals surface area (Å²) in [5, 5.41) is 3.59. The summed E-state index contributed by atoms with van der Waals surface area (Å²) in [6.45, 7) is -2.00. The predicted molar refractivity (Wildman–Crippen MR) is 96.9 cm³/mol. The molecule has 26 heavy (non-hydrogen) atoms. The summed E-state index contributed by atoms with van der Waals surface area (Å²) >= 11 is 5.33. The number of hydrogen-bond acceptors (Lipinski definition) is 3. The monoisotopic (exact) mass is 384 g/mol. The molecule has 0 aliphatic rings. The number of halogens is 3. The summed E-state index contributed by atoms with van der Waals surface area (Å²) in [6, 6.07) is 10.9. The van der Waals surface area contributed by atoms with Crippen LogP contribution in [0.5, 0.6) is 11.5 Å². The number of methoxy groups -OCH3 is 1. The van der Waals surface area contributed by atoms with Gasteiger partial charge in [0.25, 0.3) is 0 Å². The molecule has 0 aliphatic heterocycles. The van der Waals surface area contributed by atoms with E-state index in [4.69, 9.17) is 17.0 Å². The van der Waals surface area contributed by atoms with Gasteiger partial charge in [-0.15, -0.1) is 0 Å². The third-order valence-corrected chi connectivity index (χ3v) is 4.02. The van der Waals surface area contributed by atoms with Gasteiger partial charge in [0.1, 0.15) is 5.82 Å². The van der Waals surface area contributed by atoms with Gasteiger partial charge in [-0.05, 0) is 47.6 Å². The van der Waals surface area contributed by atoms with Crippen LogP contribution in [0.2, 0.25) is 0 Å². The van der Waals surface area contributed by atoms with Crippen molar-refractivity contribution in [1.82, 2.24) is 10.2 Å². The minimum absolute atomic E-state index is 0.0223. The summed E-state index contributed by atoms with van der Waals surface area (Å²) in [6.07, 6.45) is 0. The lowest BCUT2D eigenvalue weighted by Crippen LogP contribution is -2.36. The van der Waals surface area contributed by atoms with Crippen molar-refractivity contribution in [2.45, 2.75) is 19.7 Å². The highest BCUT2D eigenvalue weighted by Gasteiger charge is 2.12. The van der Waals surface area contributed by atoms with Crippen LogP contribution in [0.4, 0.5) is 13.2 Å². The van der Waals surface area contributed by atoms with Crippen LogP contribution in [0.3, 0.4) is 0 Å². The normalized spacial score (nSPS) is 10.5. The molecule has 8 heteroatoms. The van der Waals surface area contributed by atoms with Crippen LogP contribution in [0.1, 0.15) is 11.1 Å². The third kappa shape index (κ3) is 5.80. The van der Waals surface area contributed by atoms with E-state index >= 15 is 0 Å². The molecule has 0 saturated heterocycles. The molecule has 0 atom stereocenters. The molecule has 0 spiro atoms. The summed E-state index contributed by atoms with van der Waals surface area (Å²) in [5.41, 5.74) is 1.72. The van der Waals surface area contributed by atoms with Crippen LogP contribution in [0.25, 0.3) is 0 Å². The first kappa shape index (κ1) is 19.8. The summed E-state index contributed by atoms with van der Waals surface area (Å²) in [7, 11) is 3.19. The number of alkyl halides is 2. The first-order valence-corrected chi connectivity index (χ1v) is 8.15. The van der Waals surface area contributed by atoms with Crippen LogP contribution >= 0.6 is 12.2 Å². The molecular weight excluding hydrogens is 365 g/mol. The van der Waals surface area contributed by atoms with Crippen molar-refractivity contribution in [2.24, 2.45) is 0 Å². The van der Waals surface area contributed by atoms with Crippen LogP contribution in [0.15, 0.2) is 42.5 Å². The maximum atomic E-state index is 12.9. The van der Waals surface area contributed by atoms with E-state index in [0.717, 1.165) is 11.1 Å². The lowest BCUT2D eigenvalue weighted by molar-refractivity contribution is -0.0512. The van der Waals surface area contributed by atoms with Crippen LogP contribution in [-0.4, -0.2) is 30.8 Å². The topological polar surface area (TPSA) is 33.7 Å². The van der Waals surface area contributed by atoms with E-state index < -0.39 is 6.61 Å². The van der Waals surface area contributed by atoms with Gasteiger partial charge in [0.15, 0.2) is 16.6 Å². The molecule has 4 nitrogen and oxygen atoms in total. The second kappa shape index (κ2) is 9.28. The SMILES string of the molecule is COc1cc(CN(C)C(=S)NCc2ccc(F)cc2)ccc1OC(F)F. The summed E-state index contributed by atoms with van der Waals surface area (Å²) in [4.78, 5) is 1.79. The van der Waals surface area contributed by atoms with Gasteiger partial charge in [0, 0.05) is 20.1 Å².